The smallest absolute Gasteiger partial charge is 0.164 e. The summed E-state index contributed by atoms with van der Waals surface area (Å²) in [5.41, 5.74) is 11.9. The Labute approximate surface area is 333 Å². The van der Waals surface area contributed by atoms with Crippen LogP contribution in [0.1, 0.15) is 48.8 Å². The summed E-state index contributed by atoms with van der Waals surface area (Å²) in [6.45, 7) is 0. The zero-order valence-corrected chi connectivity index (χ0v) is 31.6. The molecule has 7 aromatic carbocycles. The molecule has 0 aliphatic heterocycles. The number of rotatable bonds is 7. The molecule has 1 aromatic heterocycles. The zero-order valence-electron chi connectivity index (χ0n) is 31.6. The minimum absolute atomic E-state index is 0.230. The number of nitrogens with zero attached hydrogens (tertiary/aromatic N) is 4. The molecule has 4 fully saturated rings. The first-order valence-electron chi connectivity index (χ1n) is 20.2. The third kappa shape index (κ3) is 5.60. The Morgan fingerprint density at radius 1 is 0.456 bits per heavy atom. The molecule has 0 spiro atoms. The molecule has 4 aliphatic carbocycles. The third-order valence-corrected chi connectivity index (χ3v) is 13.5. The van der Waals surface area contributed by atoms with Gasteiger partial charge in [0.25, 0.3) is 0 Å². The van der Waals surface area contributed by atoms with Crippen molar-refractivity contribution in [3.05, 3.63) is 187 Å². The molecular formula is C53H40N4. The highest BCUT2D eigenvalue weighted by Crippen LogP contribution is 2.71. The maximum absolute atomic E-state index is 9.24. The Bertz CT molecular complexity index is 2770. The minimum atomic E-state index is 0.230. The maximum Gasteiger partial charge on any atom is 0.164 e. The highest BCUT2D eigenvalue weighted by molar-refractivity contribution is 6.04. The van der Waals surface area contributed by atoms with E-state index in [9.17, 15) is 5.26 Å². The van der Waals surface area contributed by atoms with Gasteiger partial charge in [-0.05, 0) is 117 Å². The second-order valence-electron chi connectivity index (χ2n) is 16.6. The molecule has 4 unspecified atom stereocenters. The molecule has 0 saturated heterocycles. The van der Waals surface area contributed by atoms with Crippen molar-refractivity contribution >= 4 is 10.8 Å². The van der Waals surface area contributed by atoms with Crippen LogP contribution < -0.4 is 0 Å². The average Bonchev–Trinajstić information content (AvgIpc) is 3.68. The fourth-order valence-corrected chi connectivity index (χ4v) is 11.1. The van der Waals surface area contributed by atoms with Gasteiger partial charge < -0.3 is 0 Å². The monoisotopic (exact) mass is 732 g/mol. The van der Waals surface area contributed by atoms with Crippen LogP contribution in [-0.2, 0) is 10.8 Å². The molecule has 8 aromatic rings. The first-order valence-corrected chi connectivity index (χ1v) is 20.2. The number of hydrogen-bond acceptors (Lipinski definition) is 4. The average molecular weight is 733 g/mol. The molecule has 1 heterocycles. The SMILES string of the molecule is N#Cc1ccc(-c2ccc(C34CC5CC3CC(c3ccc(-c6ccc(-c7nc(-c8ccccc8)nc(-c8ccccc8)n7)c7ccccc67)cc3)(C5)C4)cc2)cc1. The summed E-state index contributed by atoms with van der Waals surface area (Å²) in [7, 11) is 0. The predicted octanol–water partition coefficient (Wildman–Crippen LogP) is 12.6. The van der Waals surface area contributed by atoms with Crippen molar-refractivity contribution in [1.82, 2.24) is 15.0 Å². The van der Waals surface area contributed by atoms with Gasteiger partial charge in [0.2, 0.25) is 0 Å². The van der Waals surface area contributed by atoms with E-state index in [4.69, 9.17) is 15.0 Å². The molecule has 57 heavy (non-hydrogen) atoms. The number of benzene rings is 7. The zero-order chi connectivity index (χ0) is 38.0. The molecule has 0 amide bonds. The van der Waals surface area contributed by atoms with Gasteiger partial charge in [-0.2, -0.15) is 5.26 Å². The summed E-state index contributed by atoms with van der Waals surface area (Å²) in [5.74, 6) is 3.52. The van der Waals surface area contributed by atoms with Crippen molar-refractivity contribution in [3.8, 4) is 62.5 Å². The minimum Gasteiger partial charge on any atom is -0.208 e. The van der Waals surface area contributed by atoms with Crippen LogP contribution in [0.4, 0.5) is 0 Å². The summed E-state index contributed by atoms with van der Waals surface area (Å²) < 4.78 is 0. The molecule has 0 N–H and O–H groups in total. The fraction of sp³-hybridized carbons (Fsp3) is 0.170. The maximum atomic E-state index is 9.24. The summed E-state index contributed by atoms with van der Waals surface area (Å²) in [4.78, 5) is 15.1. The standard InChI is InChI=1S/C53H40N4/c54-33-35-15-17-37(18-16-35)38-19-25-43(26-20-38)53-31-36-29-44(53)32-52(30-36,34-53)42-23-21-39(22-24-42)45-27-28-48(47-14-8-7-13-46(45)47)51-56-49(40-9-3-1-4-10-40)55-50(57-51)41-11-5-2-6-12-41/h1-28,36,44H,29-32,34H2. The van der Waals surface area contributed by atoms with Gasteiger partial charge in [0.05, 0.1) is 11.6 Å². The van der Waals surface area contributed by atoms with E-state index in [0.717, 1.165) is 39.5 Å². The second kappa shape index (κ2) is 13.2. The molecule has 0 radical (unpaired) electrons. The highest BCUT2D eigenvalue weighted by atomic mass is 15.0. The summed E-state index contributed by atoms with van der Waals surface area (Å²) >= 11 is 0. The van der Waals surface area contributed by atoms with E-state index in [1.807, 2.05) is 48.5 Å². The van der Waals surface area contributed by atoms with Crippen LogP contribution in [0.2, 0.25) is 0 Å². The Hall–Kier alpha value is -6.70. The Balaban J connectivity index is 0.917. The van der Waals surface area contributed by atoms with Gasteiger partial charge in [0, 0.05) is 16.7 Å². The largest absolute Gasteiger partial charge is 0.208 e. The lowest BCUT2D eigenvalue weighted by atomic mass is 9.62. The van der Waals surface area contributed by atoms with Crippen LogP contribution in [0.15, 0.2) is 170 Å². The van der Waals surface area contributed by atoms with E-state index in [0.29, 0.717) is 23.0 Å². The van der Waals surface area contributed by atoms with E-state index in [1.54, 1.807) is 0 Å². The lowest BCUT2D eigenvalue weighted by molar-refractivity contribution is 0.220. The Morgan fingerprint density at radius 3 is 1.61 bits per heavy atom. The first kappa shape index (κ1) is 33.6. The topological polar surface area (TPSA) is 62.5 Å². The Kier molecular flexibility index (Phi) is 7.79. The number of fused-ring (bicyclic) bond motifs is 1. The van der Waals surface area contributed by atoms with Gasteiger partial charge >= 0.3 is 0 Å². The molecule has 4 aliphatic rings. The van der Waals surface area contributed by atoms with Crippen LogP contribution in [-0.4, -0.2) is 15.0 Å². The lowest BCUT2D eigenvalue weighted by Crippen LogP contribution is -2.35. The summed E-state index contributed by atoms with van der Waals surface area (Å²) in [6, 6.07) is 62.6. The van der Waals surface area contributed by atoms with Gasteiger partial charge in [-0.25, -0.2) is 15.0 Å². The fourth-order valence-electron chi connectivity index (χ4n) is 11.1. The van der Waals surface area contributed by atoms with Crippen molar-refractivity contribution in [3.63, 3.8) is 0 Å². The van der Waals surface area contributed by atoms with Gasteiger partial charge in [0.15, 0.2) is 17.5 Å². The van der Waals surface area contributed by atoms with E-state index in [-0.39, 0.29) is 10.8 Å². The summed E-state index contributed by atoms with van der Waals surface area (Å²) in [6.07, 6.45) is 6.48. The normalized spacial score (nSPS) is 21.8. The Morgan fingerprint density at radius 2 is 0.982 bits per heavy atom. The van der Waals surface area contributed by atoms with Crippen molar-refractivity contribution in [2.45, 2.75) is 42.9 Å². The highest BCUT2D eigenvalue weighted by Gasteiger charge is 2.64. The lowest BCUT2D eigenvalue weighted by Gasteiger charge is -2.42. The van der Waals surface area contributed by atoms with E-state index in [2.05, 4.69) is 127 Å². The van der Waals surface area contributed by atoms with Crippen molar-refractivity contribution in [2.75, 3.05) is 0 Å². The summed E-state index contributed by atoms with van der Waals surface area (Å²) in [5, 5.41) is 11.5. The number of aromatic nitrogens is 3. The van der Waals surface area contributed by atoms with E-state index < -0.39 is 0 Å². The molecule has 4 bridgehead atoms. The quantitative estimate of drug-likeness (QED) is 0.164. The van der Waals surface area contributed by atoms with Crippen LogP contribution in [0.3, 0.4) is 0 Å². The number of hydrogen-bond donors (Lipinski definition) is 0. The van der Waals surface area contributed by atoms with Gasteiger partial charge in [0.1, 0.15) is 0 Å². The first-order chi connectivity index (χ1) is 28.1. The van der Waals surface area contributed by atoms with Crippen LogP contribution in [0.5, 0.6) is 0 Å². The van der Waals surface area contributed by atoms with Gasteiger partial charge in [-0.1, -0.05) is 152 Å². The van der Waals surface area contributed by atoms with Crippen molar-refractivity contribution in [1.29, 1.82) is 5.26 Å². The molecule has 4 saturated carbocycles. The van der Waals surface area contributed by atoms with Crippen LogP contribution in [0.25, 0.3) is 67.2 Å². The van der Waals surface area contributed by atoms with Crippen LogP contribution in [0, 0.1) is 23.2 Å². The van der Waals surface area contributed by atoms with Crippen molar-refractivity contribution < 1.29 is 0 Å². The van der Waals surface area contributed by atoms with E-state index in [1.165, 1.54) is 65.3 Å². The van der Waals surface area contributed by atoms with Gasteiger partial charge in [-0.15, -0.1) is 0 Å². The molecule has 12 rings (SSSR count). The van der Waals surface area contributed by atoms with Crippen LogP contribution >= 0.6 is 0 Å². The number of nitriles is 1. The van der Waals surface area contributed by atoms with E-state index >= 15 is 0 Å². The van der Waals surface area contributed by atoms with Crippen molar-refractivity contribution in [2.24, 2.45) is 11.8 Å². The molecule has 4 atom stereocenters. The molecule has 4 heteroatoms. The predicted molar refractivity (Wildman–Crippen MR) is 229 cm³/mol. The third-order valence-electron chi connectivity index (χ3n) is 13.5. The molecular weight excluding hydrogens is 693 g/mol. The molecule has 4 nitrogen and oxygen atoms in total. The van der Waals surface area contributed by atoms with Gasteiger partial charge in [-0.3, -0.25) is 0 Å². The second-order valence-corrected chi connectivity index (χ2v) is 16.6. The molecule has 272 valence electrons.